The molecular formula is C22H17N3O2. The van der Waals surface area contributed by atoms with Crippen molar-refractivity contribution >= 4 is 28.7 Å². The molecule has 5 rings (SSSR count). The molecule has 4 aromatic rings. The van der Waals surface area contributed by atoms with Gasteiger partial charge in [-0.15, -0.1) is 0 Å². The zero-order valence-electron chi connectivity index (χ0n) is 14.4. The van der Waals surface area contributed by atoms with E-state index in [-0.39, 0.29) is 6.23 Å². The molecule has 1 atom stereocenters. The SMILES string of the molecule is Nc1ccc2c(c1)OC(c1ccccc1)n1c-2cc2cc(NC=O)ccc21. The third-order valence-corrected chi connectivity index (χ3v) is 4.90. The van der Waals surface area contributed by atoms with Crippen LogP contribution in [0.2, 0.25) is 0 Å². The molecule has 132 valence electrons. The van der Waals surface area contributed by atoms with E-state index in [9.17, 15) is 4.79 Å². The number of hydrogen-bond acceptors (Lipinski definition) is 3. The molecule has 1 aliphatic heterocycles. The Bertz CT molecular complexity index is 1170. The van der Waals surface area contributed by atoms with Gasteiger partial charge in [0.25, 0.3) is 0 Å². The number of carbonyl (C=O) groups excluding carboxylic acids is 1. The molecule has 3 aromatic carbocycles. The van der Waals surface area contributed by atoms with Gasteiger partial charge in [0.1, 0.15) is 5.75 Å². The first kappa shape index (κ1) is 15.5. The van der Waals surface area contributed by atoms with Gasteiger partial charge in [-0.2, -0.15) is 0 Å². The summed E-state index contributed by atoms with van der Waals surface area (Å²) in [4.78, 5) is 10.8. The predicted octanol–water partition coefficient (Wildman–Crippen LogP) is 4.40. The second-order valence-electron chi connectivity index (χ2n) is 6.57. The molecular weight excluding hydrogens is 338 g/mol. The Morgan fingerprint density at radius 1 is 1.00 bits per heavy atom. The molecule has 1 amide bonds. The summed E-state index contributed by atoms with van der Waals surface area (Å²) in [6, 6.07) is 23.8. The molecule has 1 aromatic heterocycles. The molecule has 0 saturated heterocycles. The highest BCUT2D eigenvalue weighted by Gasteiger charge is 2.28. The number of nitrogens with one attached hydrogen (secondary N) is 1. The molecule has 5 heteroatoms. The number of ether oxygens (including phenoxy) is 1. The van der Waals surface area contributed by atoms with Crippen LogP contribution in [0.15, 0.2) is 72.8 Å². The third kappa shape index (κ3) is 2.44. The van der Waals surface area contributed by atoms with E-state index < -0.39 is 0 Å². The fourth-order valence-corrected chi connectivity index (χ4v) is 3.71. The maximum atomic E-state index is 10.8. The van der Waals surface area contributed by atoms with Crippen LogP contribution in [0.3, 0.4) is 0 Å². The van der Waals surface area contributed by atoms with Crippen LogP contribution in [0.4, 0.5) is 11.4 Å². The average molecular weight is 355 g/mol. The topological polar surface area (TPSA) is 69.3 Å². The van der Waals surface area contributed by atoms with Gasteiger partial charge in [-0.3, -0.25) is 4.79 Å². The van der Waals surface area contributed by atoms with Crippen LogP contribution in [0.25, 0.3) is 22.2 Å². The Labute approximate surface area is 156 Å². The molecule has 0 fully saturated rings. The van der Waals surface area contributed by atoms with Gasteiger partial charge < -0.3 is 20.4 Å². The van der Waals surface area contributed by atoms with E-state index in [1.165, 1.54) is 0 Å². The highest BCUT2D eigenvalue weighted by Crippen LogP contribution is 2.44. The number of hydrogen-bond donors (Lipinski definition) is 2. The van der Waals surface area contributed by atoms with Gasteiger partial charge >= 0.3 is 0 Å². The minimum Gasteiger partial charge on any atom is -0.465 e. The third-order valence-electron chi connectivity index (χ3n) is 4.90. The summed E-state index contributed by atoms with van der Waals surface area (Å²) in [6.45, 7) is 0. The number of benzene rings is 3. The Morgan fingerprint density at radius 3 is 2.67 bits per heavy atom. The second kappa shape index (κ2) is 5.92. The molecule has 3 N–H and O–H groups in total. The highest BCUT2D eigenvalue weighted by atomic mass is 16.5. The van der Waals surface area contributed by atoms with Gasteiger partial charge in [0.15, 0.2) is 0 Å². The lowest BCUT2D eigenvalue weighted by molar-refractivity contribution is -0.105. The van der Waals surface area contributed by atoms with Crippen molar-refractivity contribution in [3.05, 3.63) is 78.4 Å². The molecule has 27 heavy (non-hydrogen) atoms. The number of carbonyl (C=O) groups is 1. The number of anilines is 2. The normalized spacial score (nSPS) is 14.9. The van der Waals surface area contributed by atoms with Crippen LogP contribution < -0.4 is 15.8 Å². The van der Waals surface area contributed by atoms with E-state index in [0.717, 1.165) is 39.2 Å². The lowest BCUT2D eigenvalue weighted by Gasteiger charge is -2.30. The van der Waals surface area contributed by atoms with Crippen LogP contribution >= 0.6 is 0 Å². The number of nitrogens with two attached hydrogens (primary N) is 1. The summed E-state index contributed by atoms with van der Waals surface area (Å²) in [5.41, 5.74) is 11.6. The van der Waals surface area contributed by atoms with Crippen LogP contribution in [-0.4, -0.2) is 11.0 Å². The van der Waals surface area contributed by atoms with Gasteiger partial charge in [0.2, 0.25) is 12.6 Å². The van der Waals surface area contributed by atoms with Gasteiger partial charge in [-0.05, 0) is 36.4 Å². The quantitative estimate of drug-likeness (QED) is 0.423. The van der Waals surface area contributed by atoms with Crippen LogP contribution in [-0.2, 0) is 4.79 Å². The standard InChI is InChI=1S/C22H17N3O2/c23-16-6-8-18-20-11-15-10-17(24-13-26)7-9-19(15)25(20)22(27-21(18)12-16)14-4-2-1-3-5-14/h1-13,22H,23H2,(H,24,26). The Hall–Kier alpha value is -3.73. The van der Waals surface area contributed by atoms with Crippen molar-refractivity contribution in [3.8, 4) is 17.0 Å². The molecule has 5 nitrogen and oxygen atoms in total. The average Bonchev–Trinajstić information content (AvgIpc) is 3.07. The largest absolute Gasteiger partial charge is 0.465 e. The summed E-state index contributed by atoms with van der Waals surface area (Å²) in [5, 5.41) is 3.75. The first-order valence-electron chi connectivity index (χ1n) is 8.71. The van der Waals surface area contributed by atoms with Crippen molar-refractivity contribution in [3.63, 3.8) is 0 Å². The molecule has 1 aliphatic rings. The number of amides is 1. The molecule has 0 bridgehead atoms. The molecule has 0 saturated carbocycles. The summed E-state index contributed by atoms with van der Waals surface area (Å²) >= 11 is 0. The van der Waals surface area contributed by atoms with Crippen molar-refractivity contribution < 1.29 is 9.53 Å². The fourth-order valence-electron chi connectivity index (χ4n) is 3.71. The lowest BCUT2D eigenvalue weighted by atomic mass is 10.1. The van der Waals surface area contributed by atoms with Gasteiger partial charge in [-0.25, -0.2) is 0 Å². The van der Waals surface area contributed by atoms with Crippen molar-refractivity contribution in [2.75, 3.05) is 11.1 Å². The van der Waals surface area contributed by atoms with Crippen molar-refractivity contribution in [1.82, 2.24) is 4.57 Å². The summed E-state index contributed by atoms with van der Waals surface area (Å²) in [5.74, 6) is 0.769. The van der Waals surface area contributed by atoms with Crippen molar-refractivity contribution in [2.24, 2.45) is 0 Å². The zero-order valence-corrected chi connectivity index (χ0v) is 14.4. The molecule has 0 radical (unpaired) electrons. The first-order valence-corrected chi connectivity index (χ1v) is 8.71. The van der Waals surface area contributed by atoms with E-state index in [0.29, 0.717) is 12.1 Å². The lowest BCUT2D eigenvalue weighted by Crippen LogP contribution is -2.22. The minimum absolute atomic E-state index is 0.294. The molecule has 2 heterocycles. The van der Waals surface area contributed by atoms with Crippen LogP contribution in [0.1, 0.15) is 11.8 Å². The molecule has 1 unspecified atom stereocenters. The fraction of sp³-hybridized carbons (Fsp3) is 0.0455. The van der Waals surface area contributed by atoms with Crippen molar-refractivity contribution in [1.29, 1.82) is 0 Å². The first-order chi connectivity index (χ1) is 13.2. The number of fused-ring (bicyclic) bond motifs is 5. The Kier molecular flexibility index (Phi) is 3.40. The van der Waals surface area contributed by atoms with Gasteiger partial charge in [0, 0.05) is 34.0 Å². The van der Waals surface area contributed by atoms with Gasteiger partial charge in [0.05, 0.1) is 11.2 Å². The van der Waals surface area contributed by atoms with E-state index in [1.54, 1.807) is 0 Å². The minimum atomic E-state index is -0.294. The monoisotopic (exact) mass is 355 g/mol. The predicted molar refractivity (Wildman–Crippen MR) is 107 cm³/mol. The number of rotatable bonds is 3. The smallest absolute Gasteiger partial charge is 0.211 e. The maximum Gasteiger partial charge on any atom is 0.211 e. The summed E-state index contributed by atoms with van der Waals surface area (Å²) < 4.78 is 8.57. The second-order valence-corrected chi connectivity index (χ2v) is 6.57. The molecule has 0 aliphatic carbocycles. The van der Waals surface area contributed by atoms with Crippen LogP contribution in [0, 0.1) is 0 Å². The van der Waals surface area contributed by atoms with Gasteiger partial charge in [-0.1, -0.05) is 30.3 Å². The maximum absolute atomic E-state index is 10.8. The van der Waals surface area contributed by atoms with E-state index in [1.807, 2.05) is 54.6 Å². The van der Waals surface area contributed by atoms with E-state index >= 15 is 0 Å². The zero-order chi connectivity index (χ0) is 18.4. The molecule has 0 spiro atoms. The summed E-state index contributed by atoms with van der Waals surface area (Å²) in [7, 11) is 0. The van der Waals surface area contributed by atoms with E-state index in [2.05, 4.69) is 28.1 Å². The number of nitrogen functional groups attached to an aromatic ring is 1. The highest BCUT2D eigenvalue weighted by molar-refractivity contribution is 5.92. The van der Waals surface area contributed by atoms with E-state index in [4.69, 9.17) is 10.5 Å². The van der Waals surface area contributed by atoms with Crippen molar-refractivity contribution in [2.45, 2.75) is 6.23 Å². The van der Waals surface area contributed by atoms with Crippen LogP contribution in [0.5, 0.6) is 5.75 Å². The number of nitrogens with zero attached hydrogens (tertiary/aromatic N) is 1. The summed E-state index contributed by atoms with van der Waals surface area (Å²) in [6.07, 6.45) is 0.392. The Morgan fingerprint density at radius 2 is 1.85 bits per heavy atom. The Balaban J connectivity index is 1.79. The number of aromatic nitrogens is 1.